The van der Waals surface area contributed by atoms with E-state index in [9.17, 15) is 9.59 Å². The van der Waals surface area contributed by atoms with Gasteiger partial charge in [-0.3, -0.25) is 14.9 Å². The molecule has 3 rings (SSSR count). The first kappa shape index (κ1) is 20.1. The highest BCUT2D eigenvalue weighted by molar-refractivity contribution is 8.01. The van der Waals surface area contributed by atoms with Crippen LogP contribution in [-0.4, -0.2) is 22.6 Å². The van der Waals surface area contributed by atoms with Crippen molar-refractivity contribution in [3.05, 3.63) is 77.0 Å². The van der Waals surface area contributed by atoms with Crippen LogP contribution in [0.5, 0.6) is 0 Å². The third-order valence-electron chi connectivity index (χ3n) is 4.11. The zero-order valence-electron chi connectivity index (χ0n) is 15.5. The first-order chi connectivity index (χ1) is 13.5. The number of nitrogens with two attached hydrogens (primary N) is 1. The maximum absolute atomic E-state index is 12.8. The van der Waals surface area contributed by atoms with Gasteiger partial charge in [0.2, 0.25) is 5.91 Å². The fourth-order valence-electron chi connectivity index (χ4n) is 2.75. The fraction of sp³-hybridized carbons (Fsp3) is 0.190. The van der Waals surface area contributed by atoms with E-state index in [0.29, 0.717) is 10.7 Å². The second kappa shape index (κ2) is 9.52. The van der Waals surface area contributed by atoms with Gasteiger partial charge in [-0.15, -0.1) is 11.8 Å². The Bertz CT molecular complexity index is 971. The third kappa shape index (κ3) is 5.43. The molecule has 1 aromatic heterocycles. The van der Waals surface area contributed by atoms with Crippen LogP contribution in [0.1, 0.15) is 27.2 Å². The first-order valence-corrected chi connectivity index (χ1v) is 10.6. The molecule has 5 nitrogen and oxygen atoms in total. The number of rotatable bonds is 8. The van der Waals surface area contributed by atoms with Gasteiger partial charge < -0.3 is 5.73 Å². The summed E-state index contributed by atoms with van der Waals surface area (Å²) < 4.78 is 0.881. The number of amides is 2. The predicted molar refractivity (Wildman–Crippen MR) is 115 cm³/mol. The molecule has 0 fully saturated rings. The minimum absolute atomic E-state index is 0.177. The van der Waals surface area contributed by atoms with E-state index in [1.807, 2.05) is 49.4 Å². The van der Waals surface area contributed by atoms with E-state index < -0.39 is 0 Å². The van der Waals surface area contributed by atoms with Crippen molar-refractivity contribution < 1.29 is 9.59 Å². The van der Waals surface area contributed by atoms with Crippen LogP contribution in [0.15, 0.2) is 58.8 Å². The quantitative estimate of drug-likeness (QED) is 0.547. The van der Waals surface area contributed by atoms with Crippen LogP contribution < -0.4 is 11.1 Å². The van der Waals surface area contributed by atoms with Crippen LogP contribution in [0.3, 0.4) is 0 Å². The fourth-order valence-corrected chi connectivity index (χ4v) is 4.63. The average molecular weight is 412 g/mol. The minimum atomic E-state index is -0.379. The molecule has 7 heteroatoms. The van der Waals surface area contributed by atoms with Crippen LogP contribution in [0.25, 0.3) is 0 Å². The summed E-state index contributed by atoms with van der Waals surface area (Å²) in [5.74, 6) is -0.363. The second-order valence-corrected chi connectivity index (χ2v) is 8.49. The van der Waals surface area contributed by atoms with Crippen molar-refractivity contribution in [1.82, 2.24) is 4.98 Å². The molecule has 3 N–H and O–H groups in total. The number of anilines is 1. The van der Waals surface area contributed by atoms with Gasteiger partial charge in [-0.1, -0.05) is 59.9 Å². The van der Waals surface area contributed by atoms with E-state index in [1.165, 1.54) is 28.7 Å². The molecule has 2 amide bonds. The number of aromatic nitrogens is 1. The summed E-state index contributed by atoms with van der Waals surface area (Å²) in [4.78, 5) is 28.2. The maximum atomic E-state index is 12.8. The monoisotopic (exact) mass is 411 g/mol. The molecule has 0 aliphatic rings. The topological polar surface area (TPSA) is 85.1 Å². The van der Waals surface area contributed by atoms with Crippen LogP contribution >= 0.6 is 23.1 Å². The molecule has 0 aliphatic heterocycles. The van der Waals surface area contributed by atoms with Crippen molar-refractivity contribution in [3.8, 4) is 0 Å². The molecular weight excluding hydrogens is 390 g/mol. The highest BCUT2D eigenvalue weighted by atomic mass is 32.2. The number of nitrogens with zero attached hydrogens (tertiary/aromatic N) is 1. The molecule has 28 heavy (non-hydrogen) atoms. The molecule has 0 atom stereocenters. The summed E-state index contributed by atoms with van der Waals surface area (Å²) in [5.41, 5.74) is 8.87. The number of thiazole rings is 1. The van der Waals surface area contributed by atoms with Gasteiger partial charge in [-0.05, 0) is 37.0 Å². The molecule has 0 saturated heterocycles. The zero-order valence-corrected chi connectivity index (χ0v) is 17.1. The molecule has 0 bridgehead atoms. The lowest BCUT2D eigenvalue weighted by molar-refractivity contribution is -0.115. The molecule has 144 valence electrons. The van der Waals surface area contributed by atoms with Crippen LogP contribution in [0.4, 0.5) is 5.13 Å². The molecule has 0 unspecified atom stereocenters. The Kier molecular flexibility index (Phi) is 6.84. The van der Waals surface area contributed by atoms with Gasteiger partial charge in [0.05, 0.1) is 15.7 Å². The van der Waals surface area contributed by atoms with Crippen molar-refractivity contribution in [1.29, 1.82) is 0 Å². The molecule has 1 heterocycles. The number of benzene rings is 2. The van der Waals surface area contributed by atoms with Gasteiger partial charge in [0.15, 0.2) is 5.13 Å². The number of carbonyl (C=O) groups excluding carboxylic acids is 2. The highest BCUT2D eigenvalue weighted by Gasteiger charge is 2.15. The minimum Gasteiger partial charge on any atom is -0.369 e. The van der Waals surface area contributed by atoms with Gasteiger partial charge in [0, 0.05) is 5.56 Å². The van der Waals surface area contributed by atoms with Crippen molar-refractivity contribution in [2.75, 3.05) is 11.1 Å². The van der Waals surface area contributed by atoms with Crippen molar-refractivity contribution >= 4 is 40.0 Å². The highest BCUT2D eigenvalue weighted by Crippen LogP contribution is 2.32. The lowest BCUT2D eigenvalue weighted by Gasteiger charge is -2.09. The van der Waals surface area contributed by atoms with Crippen molar-refractivity contribution in [3.63, 3.8) is 0 Å². The number of carbonyl (C=O) groups is 2. The Morgan fingerprint density at radius 1 is 1.07 bits per heavy atom. The van der Waals surface area contributed by atoms with E-state index in [-0.39, 0.29) is 17.6 Å². The summed E-state index contributed by atoms with van der Waals surface area (Å²) in [6.07, 6.45) is 1.65. The molecular formula is C21H21N3O2S2. The van der Waals surface area contributed by atoms with Crippen LogP contribution in [0, 0.1) is 6.92 Å². The molecule has 2 aromatic carbocycles. The summed E-state index contributed by atoms with van der Waals surface area (Å²) in [5, 5.41) is 3.41. The number of hydrogen-bond acceptors (Lipinski definition) is 5. The Morgan fingerprint density at radius 3 is 2.54 bits per heavy atom. The molecule has 0 aliphatic carbocycles. The normalized spacial score (nSPS) is 10.6. The van der Waals surface area contributed by atoms with Crippen molar-refractivity contribution in [2.45, 2.75) is 24.0 Å². The van der Waals surface area contributed by atoms with Gasteiger partial charge in [0.25, 0.3) is 5.91 Å². The second-order valence-electron chi connectivity index (χ2n) is 6.24. The number of hydrogen-bond donors (Lipinski definition) is 2. The standard InChI is InChI=1S/C21H21N3O2S2/c1-14-20(27-13-18(22)25)28-21(23-14)24-19(26)17-10-6-5-9-16(17)12-11-15-7-3-2-4-8-15/h2-10H,11-13H2,1H3,(H2,22,25)(H,23,24,26). The Labute approximate surface area is 172 Å². The summed E-state index contributed by atoms with van der Waals surface area (Å²) in [6, 6.07) is 17.8. The largest absolute Gasteiger partial charge is 0.369 e. The smallest absolute Gasteiger partial charge is 0.257 e. The SMILES string of the molecule is Cc1nc(NC(=O)c2ccccc2CCc2ccccc2)sc1SCC(N)=O. The van der Waals surface area contributed by atoms with E-state index in [1.54, 1.807) is 0 Å². The first-order valence-electron chi connectivity index (χ1n) is 8.84. The van der Waals surface area contributed by atoms with E-state index in [4.69, 9.17) is 5.73 Å². The third-order valence-corrected chi connectivity index (χ3v) is 6.57. The summed E-state index contributed by atoms with van der Waals surface area (Å²) in [6.45, 7) is 1.85. The number of nitrogens with one attached hydrogen (secondary N) is 1. The number of thioether (sulfide) groups is 1. The van der Waals surface area contributed by atoms with Crippen LogP contribution in [-0.2, 0) is 17.6 Å². The van der Waals surface area contributed by atoms with E-state index >= 15 is 0 Å². The average Bonchev–Trinajstić information content (AvgIpc) is 3.04. The number of aryl methyl sites for hydroxylation is 3. The lowest BCUT2D eigenvalue weighted by atomic mass is 9.99. The van der Waals surface area contributed by atoms with Crippen molar-refractivity contribution in [2.24, 2.45) is 5.73 Å². The van der Waals surface area contributed by atoms with E-state index in [2.05, 4.69) is 22.4 Å². The van der Waals surface area contributed by atoms with Crippen LogP contribution in [0.2, 0.25) is 0 Å². The van der Waals surface area contributed by atoms with Gasteiger partial charge in [-0.25, -0.2) is 4.98 Å². The molecule has 0 spiro atoms. The Balaban J connectivity index is 1.69. The maximum Gasteiger partial charge on any atom is 0.257 e. The Morgan fingerprint density at radius 2 is 1.79 bits per heavy atom. The lowest BCUT2D eigenvalue weighted by Crippen LogP contribution is -2.14. The van der Waals surface area contributed by atoms with Gasteiger partial charge in [0.1, 0.15) is 0 Å². The summed E-state index contributed by atoms with van der Waals surface area (Å²) >= 11 is 2.69. The molecule has 3 aromatic rings. The summed E-state index contributed by atoms with van der Waals surface area (Å²) in [7, 11) is 0. The predicted octanol–water partition coefficient (Wildman–Crippen LogP) is 4.07. The Hall–Kier alpha value is -2.64. The molecule has 0 radical (unpaired) electrons. The van der Waals surface area contributed by atoms with Gasteiger partial charge in [-0.2, -0.15) is 0 Å². The zero-order chi connectivity index (χ0) is 19.9. The van der Waals surface area contributed by atoms with E-state index in [0.717, 1.165) is 28.3 Å². The molecule has 0 saturated carbocycles. The van der Waals surface area contributed by atoms with Gasteiger partial charge >= 0.3 is 0 Å². The number of primary amides is 1.